The zero-order valence-corrected chi connectivity index (χ0v) is 11.0. The van der Waals surface area contributed by atoms with Crippen molar-refractivity contribution in [2.45, 2.75) is 53.1 Å². The van der Waals surface area contributed by atoms with Gasteiger partial charge in [-0.05, 0) is 33.1 Å². The summed E-state index contributed by atoms with van der Waals surface area (Å²) in [6.07, 6.45) is 11.3. The molecule has 0 aromatic carbocycles. The van der Waals surface area contributed by atoms with Crippen LogP contribution in [0.4, 0.5) is 0 Å². The van der Waals surface area contributed by atoms with E-state index < -0.39 is 0 Å². The molecular weight excluding hydrogens is 196 g/mol. The summed E-state index contributed by atoms with van der Waals surface area (Å²) in [6.45, 7) is 8.43. The van der Waals surface area contributed by atoms with Gasteiger partial charge in [0.05, 0.1) is 6.10 Å². The van der Waals surface area contributed by atoms with E-state index in [2.05, 4.69) is 45.9 Å². The quantitative estimate of drug-likeness (QED) is 0.612. The van der Waals surface area contributed by atoms with Crippen LogP contribution in [0.2, 0.25) is 0 Å². The van der Waals surface area contributed by atoms with Crippen molar-refractivity contribution in [3.05, 3.63) is 35.5 Å². The molecule has 0 saturated heterocycles. The first-order valence-corrected chi connectivity index (χ1v) is 6.10. The molecule has 0 aromatic heterocycles. The molecule has 0 bridgehead atoms. The van der Waals surface area contributed by atoms with E-state index in [1.165, 1.54) is 11.1 Å². The maximum Gasteiger partial charge on any atom is 0.0808 e. The SMILES string of the molecule is C/C1=C/[C@@H](O)C(C)(C)/C=C/C/C(C)=C/CC1. The Morgan fingerprint density at radius 3 is 2.62 bits per heavy atom. The molecule has 16 heavy (non-hydrogen) atoms. The van der Waals surface area contributed by atoms with Crippen LogP contribution in [0.3, 0.4) is 0 Å². The predicted octanol–water partition coefficient (Wildman–Crippen LogP) is 4.01. The fourth-order valence-corrected chi connectivity index (χ4v) is 1.84. The van der Waals surface area contributed by atoms with Gasteiger partial charge in [-0.25, -0.2) is 0 Å². The van der Waals surface area contributed by atoms with E-state index in [0.29, 0.717) is 0 Å². The number of rotatable bonds is 0. The zero-order chi connectivity index (χ0) is 12.2. The number of aliphatic hydroxyl groups excluding tert-OH is 1. The molecule has 90 valence electrons. The van der Waals surface area contributed by atoms with E-state index in [-0.39, 0.29) is 11.5 Å². The lowest BCUT2D eigenvalue weighted by Crippen LogP contribution is -2.25. The Hall–Kier alpha value is -0.820. The van der Waals surface area contributed by atoms with Crippen LogP contribution in [0.1, 0.15) is 47.0 Å². The van der Waals surface area contributed by atoms with Crippen molar-refractivity contribution in [3.63, 3.8) is 0 Å². The van der Waals surface area contributed by atoms with Crippen LogP contribution in [-0.2, 0) is 0 Å². The standard InChI is InChI=1S/C15H24O/c1-12-7-5-8-13(2)11-14(16)15(3,4)10-6-9-12/h6-7,10-11,14,16H,5,8-9H2,1-4H3/b10-6+,12-7+,13-11-/t14-/m1/s1. The van der Waals surface area contributed by atoms with Crippen molar-refractivity contribution in [3.8, 4) is 0 Å². The third-order valence-electron chi connectivity index (χ3n) is 3.22. The topological polar surface area (TPSA) is 20.2 Å². The Balaban J connectivity index is 2.92. The first-order valence-electron chi connectivity index (χ1n) is 6.10. The Labute approximate surface area is 99.6 Å². The summed E-state index contributed by atoms with van der Waals surface area (Å²) in [5, 5.41) is 10.1. The van der Waals surface area contributed by atoms with E-state index in [1.54, 1.807) is 0 Å². The van der Waals surface area contributed by atoms with E-state index >= 15 is 0 Å². The van der Waals surface area contributed by atoms with Gasteiger partial charge < -0.3 is 5.11 Å². The highest BCUT2D eigenvalue weighted by molar-refractivity contribution is 5.15. The van der Waals surface area contributed by atoms with E-state index in [0.717, 1.165) is 19.3 Å². The van der Waals surface area contributed by atoms with Crippen molar-refractivity contribution in [1.82, 2.24) is 0 Å². The van der Waals surface area contributed by atoms with Gasteiger partial charge >= 0.3 is 0 Å². The lowest BCUT2D eigenvalue weighted by molar-refractivity contribution is 0.125. The highest BCUT2D eigenvalue weighted by atomic mass is 16.3. The highest BCUT2D eigenvalue weighted by Gasteiger charge is 2.22. The highest BCUT2D eigenvalue weighted by Crippen LogP contribution is 2.26. The molecule has 0 spiro atoms. The molecule has 0 aromatic rings. The molecule has 1 aliphatic carbocycles. The van der Waals surface area contributed by atoms with Gasteiger partial charge in [0.15, 0.2) is 0 Å². The van der Waals surface area contributed by atoms with Crippen LogP contribution in [0.5, 0.6) is 0 Å². The normalized spacial score (nSPS) is 35.2. The molecule has 1 rings (SSSR count). The second-order valence-electron chi connectivity index (χ2n) is 5.47. The summed E-state index contributed by atoms with van der Waals surface area (Å²) in [5.41, 5.74) is 2.52. The van der Waals surface area contributed by atoms with Crippen molar-refractivity contribution >= 4 is 0 Å². The molecule has 0 unspecified atom stereocenters. The molecular formula is C15H24O. The molecule has 0 fully saturated rings. The van der Waals surface area contributed by atoms with Gasteiger partial charge in [0.2, 0.25) is 0 Å². The number of aliphatic hydroxyl groups is 1. The molecule has 1 heteroatoms. The number of allylic oxidation sites excluding steroid dienone is 4. The molecule has 1 aliphatic rings. The summed E-state index contributed by atoms with van der Waals surface area (Å²) >= 11 is 0. The van der Waals surface area contributed by atoms with E-state index in [9.17, 15) is 5.11 Å². The van der Waals surface area contributed by atoms with Gasteiger partial charge in [-0.2, -0.15) is 0 Å². The minimum absolute atomic E-state index is 0.175. The van der Waals surface area contributed by atoms with Gasteiger partial charge in [-0.15, -0.1) is 0 Å². The number of hydrogen-bond acceptors (Lipinski definition) is 1. The molecule has 0 heterocycles. The summed E-state index contributed by atoms with van der Waals surface area (Å²) in [4.78, 5) is 0. The van der Waals surface area contributed by atoms with Gasteiger partial charge in [-0.1, -0.05) is 49.3 Å². The third kappa shape index (κ3) is 3.97. The van der Waals surface area contributed by atoms with E-state index in [4.69, 9.17) is 0 Å². The molecule has 0 saturated carbocycles. The van der Waals surface area contributed by atoms with Crippen LogP contribution < -0.4 is 0 Å². The maximum atomic E-state index is 10.1. The van der Waals surface area contributed by atoms with Crippen molar-refractivity contribution in [2.75, 3.05) is 0 Å². The summed E-state index contributed by atoms with van der Waals surface area (Å²) < 4.78 is 0. The smallest absolute Gasteiger partial charge is 0.0808 e. The molecule has 0 amide bonds. The van der Waals surface area contributed by atoms with Crippen LogP contribution in [-0.4, -0.2) is 11.2 Å². The average Bonchev–Trinajstić information content (AvgIpc) is 2.17. The average molecular weight is 220 g/mol. The molecule has 1 atom stereocenters. The fourth-order valence-electron chi connectivity index (χ4n) is 1.84. The van der Waals surface area contributed by atoms with Crippen LogP contribution in [0.25, 0.3) is 0 Å². The first-order chi connectivity index (χ1) is 7.42. The van der Waals surface area contributed by atoms with Crippen molar-refractivity contribution in [2.24, 2.45) is 5.41 Å². The largest absolute Gasteiger partial charge is 0.388 e. The maximum absolute atomic E-state index is 10.1. The summed E-state index contributed by atoms with van der Waals surface area (Å²) in [6, 6.07) is 0. The predicted molar refractivity (Wildman–Crippen MR) is 70.3 cm³/mol. The molecule has 1 nitrogen and oxygen atoms in total. The van der Waals surface area contributed by atoms with Crippen LogP contribution in [0, 0.1) is 5.41 Å². The van der Waals surface area contributed by atoms with Gasteiger partial charge in [0.1, 0.15) is 0 Å². The van der Waals surface area contributed by atoms with Gasteiger partial charge in [0, 0.05) is 5.41 Å². The Kier molecular flexibility index (Phi) is 4.55. The van der Waals surface area contributed by atoms with E-state index in [1.807, 2.05) is 6.08 Å². The van der Waals surface area contributed by atoms with Gasteiger partial charge in [0.25, 0.3) is 0 Å². The second-order valence-corrected chi connectivity index (χ2v) is 5.47. The summed E-state index contributed by atoms with van der Waals surface area (Å²) in [7, 11) is 0. The Bertz CT molecular complexity index is 318. The van der Waals surface area contributed by atoms with Crippen molar-refractivity contribution in [1.29, 1.82) is 0 Å². The molecule has 1 N–H and O–H groups in total. The minimum Gasteiger partial charge on any atom is -0.388 e. The monoisotopic (exact) mass is 220 g/mol. The first kappa shape index (κ1) is 13.2. The minimum atomic E-state index is -0.387. The lowest BCUT2D eigenvalue weighted by atomic mass is 9.84. The zero-order valence-electron chi connectivity index (χ0n) is 11.0. The van der Waals surface area contributed by atoms with Crippen LogP contribution in [0.15, 0.2) is 35.5 Å². The summed E-state index contributed by atoms with van der Waals surface area (Å²) in [5.74, 6) is 0. The lowest BCUT2D eigenvalue weighted by Gasteiger charge is -2.25. The second kappa shape index (κ2) is 5.49. The van der Waals surface area contributed by atoms with Crippen LogP contribution >= 0.6 is 0 Å². The molecule has 0 radical (unpaired) electrons. The Morgan fingerprint density at radius 1 is 1.25 bits per heavy atom. The Morgan fingerprint density at radius 2 is 1.94 bits per heavy atom. The number of hydrogen-bond donors (Lipinski definition) is 1. The molecule has 0 aliphatic heterocycles. The van der Waals surface area contributed by atoms with Crippen molar-refractivity contribution < 1.29 is 5.11 Å². The fraction of sp³-hybridized carbons (Fsp3) is 0.600. The van der Waals surface area contributed by atoms with Gasteiger partial charge in [-0.3, -0.25) is 0 Å². The third-order valence-corrected chi connectivity index (χ3v) is 3.22.